The monoisotopic (exact) mass is 299 g/mol. The predicted molar refractivity (Wildman–Crippen MR) is 83.6 cm³/mol. The van der Waals surface area contributed by atoms with Crippen LogP contribution in [-0.2, 0) is 10.2 Å². The normalized spacial score (nSPS) is 35.5. The molecule has 3 heteroatoms. The summed E-state index contributed by atoms with van der Waals surface area (Å²) in [5, 5.41) is 0. The molecule has 5 rings (SSSR count). The molecule has 0 aromatic heterocycles. The number of benzene rings is 1. The maximum Gasteiger partial charge on any atom is 0.338 e. The summed E-state index contributed by atoms with van der Waals surface area (Å²) in [7, 11) is 4.97. The van der Waals surface area contributed by atoms with Crippen molar-refractivity contribution in [1.82, 2.24) is 0 Å². The molecule has 3 nitrogen and oxygen atoms in total. The quantitative estimate of drug-likeness (QED) is 0.788. The van der Waals surface area contributed by atoms with Gasteiger partial charge in [-0.05, 0) is 79.9 Å². The average Bonchev–Trinajstić information content (AvgIpc) is 2.52. The summed E-state index contributed by atoms with van der Waals surface area (Å²) in [6.45, 7) is 0. The first-order chi connectivity index (χ1) is 10.6. The van der Waals surface area contributed by atoms with E-state index in [1.807, 2.05) is 12.1 Å². The Morgan fingerprint density at radius 2 is 1.73 bits per heavy atom. The van der Waals surface area contributed by atoms with Crippen LogP contribution in [0.2, 0.25) is 0 Å². The number of ether oxygens (including phenoxy) is 2. The van der Waals surface area contributed by atoms with E-state index >= 15 is 0 Å². The summed E-state index contributed by atoms with van der Waals surface area (Å²) in [6.07, 6.45) is 7.96. The Morgan fingerprint density at radius 3 is 2.23 bits per heavy atom. The summed E-state index contributed by atoms with van der Waals surface area (Å²) >= 11 is 0. The van der Waals surface area contributed by atoms with Gasteiger partial charge in [-0.2, -0.15) is 0 Å². The molecule has 0 saturated heterocycles. The van der Waals surface area contributed by atoms with E-state index in [0.29, 0.717) is 5.56 Å². The van der Waals surface area contributed by atoms with E-state index in [2.05, 4.69) is 11.8 Å². The van der Waals surface area contributed by atoms with Gasteiger partial charge >= 0.3 is 5.97 Å². The Bertz CT molecular complexity index is 569. The summed E-state index contributed by atoms with van der Waals surface area (Å²) in [5.74, 6) is 3.13. The first-order valence-corrected chi connectivity index (χ1v) is 8.28. The summed E-state index contributed by atoms with van der Waals surface area (Å²) < 4.78 is 10.3. The van der Waals surface area contributed by atoms with Gasteiger partial charge in [0.2, 0.25) is 0 Å². The Morgan fingerprint density at radius 1 is 1.14 bits per heavy atom. The molecule has 4 bridgehead atoms. The fourth-order valence-corrected chi connectivity index (χ4v) is 5.77. The lowest BCUT2D eigenvalue weighted by Gasteiger charge is -2.57. The first kappa shape index (κ1) is 14.1. The smallest absolute Gasteiger partial charge is 0.338 e. The van der Waals surface area contributed by atoms with Gasteiger partial charge in [0, 0.05) is 5.56 Å². The molecule has 4 aliphatic rings. The highest BCUT2D eigenvalue weighted by atomic mass is 16.5. The second-order valence-electron chi connectivity index (χ2n) is 7.54. The number of carbonyl (C=O) groups is 1. The SMILES string of the molecule is [CH2]OC(=O)c1ccc(OC)c(C23CC4CC(CC(C4)C2)C3)c1. The molecule has 0 aliphatic heterocycles. The van der Waals surface area contributed by atoms with E-state index in [1.165, 1.54) is 44.1 Å². The van der Waals surface area contributed by atoms with Crippen LogP contribution < -0.4 is 4.74 Å². The van der Waals surface area contributed by atoms with Gasteiger partial charge in [0.15, 0.2) is 0 Å². The highest BCUT2D eigenvalue weighted by Crippen LogP contribution is 2.61. The number of rotatable bonds is 3. The lowest BCUT2D eigenvalue weighted by Crippen LogP contribution is -2.48. The van der Waals surface area contributed by atoms with Crippen molar-refractivity contribution >= 4 is 5.97 Å². The molecular formula is C19H23O3. The fraction of sp³-hybridized carbons (Fsp3) is 0.579. The van der Waals surface area contributed by atoms with E-state index in [1.54, 1.807) is 13.2 Å². The number of hydrogen-bond donors (Lipinski definition) is 0. The van der Waals surface area contributed by atoms with E-state index in [0.717, 1.165) is 23.5 Å². The molecule has 117 valence electrons. The highest BCUT2D eigenvalue weighted by molar-refractivity contribution is 5.90. The van der Waals surface area contributed by atoms with E-state index in [4.69, 9.17) is 4.74 Å². The zero-order valence-corrected chi connectivity index (χ0v) is 13.1. The van der Waals surface area contributed by atoms with Crippen molar-refractivity contribution in [3.63, 3.8) is 0 Å². The molecule has 0 spiro atoms. The van der Waals surface area contributed by atoms with Crippen molar-refractivity contribution in [2.45, 2.75) is 43.9 Å². The molecule has 0 amide bonds. The van der Waals surface area contributed by atoms with Crippen molar-refractivity contribution in [3.05, 3.63) is 36.4 Å². The molecule has 1 radical (unpaired) electrons. The van der Waals surface area contributed by atoms with Crippen LogP contribution in [0.4, 0.5) is 0 Å². The van der Waals surface area contributed by atoms with Crippen molar-refractivity contribution in [2.75, 3.05) is 7.11 Å². The summed E-state index contributed by atoms with van der Waals surface area (Å²) in [4.78, 5) is 11.9. The lowest BCUT2D eigenvalue weighted by molar-refractivity contribution is -0.00618. The van der Waals surface area contributed by atoms with Crippen LogP contribution in [0.5, 0.6) is 5.75 Å². The largest absolute Gasteiger partial charge is 0.496 e. The van der Waals surface area contributed by atoms with Crippen LogP contribution in [-0.4, -0.2) is 13.1 Å². The minimum atomic E-state index is -0.367. The summed E-state index contributed by atoms with van der Waals surface area (Å²) in [5.41, 5.74) is 2.01. The van der Waals surface area contributed by atoms with Crippen molar-refractivity contribution in [3.8, 4) is 5.75 Å². The average molecular weight is 299 g/mol. The van der Waals surface area contributed by atoms with Crippen molar-refractivity contribution in [2.24, 2.45) is 17.8 Å². The molecule has 0 unspecified atom stereocenters. The Hall–Kier alpha value is -1.51. The molecule has 0 atom stereocenters. The third-order valence-corrected chi connectivity index (χ3v) is 6.18. The number of carbonyl (C=O) groups excluding carboxylic acids is 1. The minimum Gasteiger partial charge on any atom is -0.496 e. The lowest BCUT2D eigenvalue weighted by atomic mass is 9.48. The van der Waals surface area contributed by atoms with Crippen LogP contribution in [0.1, 0.15) is 54.4 Å². The predicted octanol–water partition coefficient (Wildman–Crippen LogP) is 4.11. The summed E-state index contributed by atoms with van der Waals surface area (Å²) in [6, 6.07) is 5.69. The maximum absolute atomic E-state index is 11.9. The molecule has 4 saturated carbocycles. The Kier molecular flexibility index (Phi) is 3.21. The van der Waals surface area contributed by atoms with Gasteiger partial charge in [0.1, 0.15) is 12.9 Å². The molecule has 0 N–H and O–H groups in total. The first-order valence-electron chi connectivity index (χ1n) is 8.28. The molecule has 22 heavy (non-hydrogen) atoms. The third kappa shape index (κ3) is 2.05. The Labute approximate surface area is 132 Å². The highest BCUT2D eigenvalue weighted by Gasteiger charge is 2.52. The van der Waals surface area contributed by atoms with Crippen molar-refractivity contribution in [1.29, 1.82) is 0 Å². The molecule has 1 aromatic carbocycles. The minimum absolute atomic E-state index is 0.206. The van der Waals surface area contributed by atoms with Gasteiger partial charge in [0.25, 0.3) is 0 Å². The standard InChI is InChI=1S/C19H23O3/c1-21-17-4-3-15(18(20)22-2)8-16(17)19-9-12-5-13(10-19)7-14(6-12)11-19/h3-4,8,12-14H,2,5-7,9-11H2,1H3. The van der Waals surface area contributed by atoms with Gasteiger partial charge in [-0.3, -0.25) is 0 Å². The van der Waals surface area contributed by atoms with Gasteiger partial charge < -0.3 is 9.47 Å². The third-order valence-electron chi connectivity index (χ3n) is 6.18. The Balaban J connectivity index is 1.79. The number of esters is 1. The zero-order valence-electron chi connectivity index (χ0n) is 13.1. The number of hydrogen-bond acceptors (Lipinski definition) is 3. The maximum atomic E-state index is 11.9. The van der Waals surface area contributed by atoms with E-state index in [9.17, 15) is 4.79 Å². The fourth-order valence-electron chi connectivity index (χ4n) is 5.77. The van der Waals surface area contributed by atoms with Crippen LogP contribution in [0.25, 0.3) is 0 Å². The van der Waals surface area contributed by atoms with Crippen LogP contribution in [0.15, 0.2) is 18.2 Å². The second kappa shape index (κ2) is 5.00. The molecule has 0 heterocycles. The zero-order chi connectivity index (χ0) is 15.3. The second-order valence-corrected chi connectivity index (χ2v) is 7.54. The van der Waals surface area contributed by atoms with Gasteiger partial charge in [-0.1, -0.05) is 0 Å². The van der Waals surface area contributed by atoms with E-state index < -0.39 is 0 Å². The topological polar surface area (TPSA) is 35.5 Å². The van der Waals surface area contributed by atoms with Crippen LogP contribution in [0.3, 0.4) is 0 Å². The molecule has 1 aromatic rings. The van der Waals surface area contributed by atoms with Crippen LogP contribution >= 0.6 is 0 Å². The van der Waals surface area contributed by atoms with Gasteiger partial charge in [0.05, 0.1) is 12.7 Å². The van der Waals surface area contributed by atoms with Gasteiger partial charge in [-0.15, -0.1) is 0 Å². The molecule has 4 fully saturated rings. The van der Waals surface area contributed by atoms with E-state index in [-0.39, 0.29) is 11.4 Å². The number of methoxy groups -OCH3 is 1. The van der Waals surface area contributed by atoms with Gasteiger partial charge in [-0.25, -0.2) is 4.79 Å². The molecular weight excluding hydrogens is 276 g/mol. The van der Waals surface area contributed by atoms with Crippen LogP contribution in [0, 0.1) is 24.9 Å². The van der Waals surface area contributed by atoms with Crippen molar-refractivity contribution < 1.29 is 14.3 Å². The molecule has 4 aliphatic carbocycles.